The number of carboxylic acid groups (broad SMARTS) is 2. The van der Waals surface area contributed by atoms with Crippen LogP contribution in [0.1, 0.15) is 20.3 Å². The van der Waals surface area contributed by atoms with Gasteiger partial charge in [0, 0.05) is 22.5 Å². The van der Waals surface area contributed by atoms with Crippen LogP contribution in [-0.2, 0) is 30.0 Å². The Bertz CT molecular complexity index is 726. The van der Waals surface area contributed by atoms with E-state index in [0.29, 0.717) is 23.2 Å². The molecule has 0 atom stereocenters. The quantitative estimate of drug-likeness (QED) is 0.186. The van der Waals surface area contributed by atoms with Crippen LogP contribution in [-0.4, -0.2) is 38.5 Å². The molecule has 2 rings (SSSR count). The Kier molecular flexibility index (Phi) is 14.6. The Labute approximate surface area is 183 Å². The molecule has 0 radical (unpaired) electrons. The first-order chi connectivity index (χ1) is 13.0. The smallest absolute Gasteiger partial charge is 0.550 e. The third-order valence-electron chi connectivity index (χ3n) is 2.95. The second-order valence-corrected chi connectivity index (χ2v) is 7.54. The Morgan fingerprint density at radius 2 is 1.17 bits per heavy atom. The first kappa shape index (κ1) is 28.9. The number of hydrogen-bond acceptors (Lipinski definition) is 8. The average molecular weight is 516 g/mol. The van der Waals surface area contributed by atoms with E-state index in [2.05, 4.69) is 6.92 Å². The summed E-state index contributed by atoms with van der Waals surface area (Å²) in [4.78, 5) is 17.8. The average Bonchev–Trinajstić information content (AvgIpc) is 2.57. The summed E-state index contributed by atoms with van der Waals surface area (Å²) in [5.41, 5.74) is 0. The molecule has 0 saturated heterocycles. The number of phenols is 4. The van der Waals surface area contributed by atoms with Crippen LogP contribution in [0.2, 0.25) is 0 Å². The van der Waals surface area contributed by atoms with Crippen LogP contribution in [0, 0.1) is 6.92 Å². The first-order valence-corrected chi connectivity index (χ1v) is 9.49. The predicted molar refractivity (Wildman–Crippen MR) is 102 cm³/mol. The molecule has 2 aromatic carbocycles. The summed E-state index contributed by atoms with van der Waals surface area (Å²) >= 11 is 0. The van der Waals surface area contributed by atoms with Gasteiger partial charge >= 0.3 is 20.4 Å². The van der Waals surface area contributed by atoms with Gasteiger partial charge in [0.2, 0.25) is 0 Å². The van der Waals surface area contributed by atoms with E-state index in [1.54, 1.807) is 24.3 Å². The number of aromatic hydroxyl groups is 4. The number of para-hydroxylation sites is 2. The zero-order valence-electron chi connectivity index (χ0n) is 15.8. The van der Waals surface area contributed by atoms with E-state index in [4.69, 9.17) is 19.8 Å². The maximum absolute atomic E-state index is 10.0. The van der Waals surface area contributed by atoms with Crippen LogP contribution < -0.4 is 20.8 Å². The Hall–Kier alpha value is -2.33. The van der Waals surface area contributed by atoms with Gasteiger partial charge in [0.1, 0.15) is 0 Å². The van der Waals surface area contributed by atoms with E-state index >= 15 is 0 Å². The van der Waals surface area contributed by atoms with Crippen LogP contribution in [0.25, 0.3) is 0 Å². The van der Waals surface area contributed by atoms with Gasteiger partial charge in [-0.2, -0.15) is 6.42 Å². The molecule has 29 heavy (non-hydrogen) atoms. The summed E-state index contributed by atoms with van der Waals surface area (Å²) in [6.45, 7) is 5.75. The molecule has 4 N–H and O–H groups in total. The number of phenolic OH excluding ortho intramolecular Hbond substituents is 4. The monoisotopic (exact) mass is 515 g/mol. The number of rotatable bonds is 4. The number of carboxylic acids is 2. The summed E-state index contributed by atoms with van der Waals surface area (Å²) in [7, 11) is -1.11. The molecule has 0 fully saturated rings. The van der Waals surface area contributed by atoms with Crippen LogP contribution >= 0.6 is 7.92 Å². The van der Waals surface area contributed by atoms with Gasteiger partial charge in [0.25, 0.3) is 0 Å². The number of carbonyl (C=O) groups excluding carboxylic acids is 2. The molecule has 0 unspecified atom stereocenters. The van der Waals surface area contributed by atoms with Crippen LogP contribution in [0.5, 0.6) is 23.0 Å². The molecular weight excluding hydrogens is 494 g/mol. The SMILES string of the molecule is CC(=O)[O-].CC(=O)[O-].[CH2-]CCP(c1cccc(O)c1O)c1cccc(O)c1O.[Pd+2]. The second kappa shape index (κ2) is 14.6. The number of benzene rings is 2. The maximum atomic E-state index is 10.0. The molecule has 0 aliphatic carbocycles. The van der Waals surface area contributed by atoms with Gasteiger partial charge in [0.15, 0.2) is 23.0 Å². The Morgan fingerprint density at radius 1 is 0.862 bits per heavy atom. The largest absolute Gasteiger partial charge is 2.00 e. The van der Waals surface area contributed by atoms with Crippen molar-refractivity contribution < 1.29 is 60.7 Å². The fourth-order valence-corrected chi connectivity index (χ4v) is 4.33. The predicted octanol–water partition coefficient (Wildman–Crippen LogP) is -0.324. The molecule has 0 aromatic heterocycles. The van der Waals surface area contributed by atoms with E-state index < -0.39 is 19.9 Å². The van der Waals surface area contributed by atoms with E-state index in [-0.39, 0.29) is 43.4 Å². The topological polar surface area (TPSA) is 161 Å². The van der Waals surface area contributed by atoms with Gasteiger partial charge in [-0.1, -0.05) is 30.4 Å². The minimum Gasteiger partial charge on any atom is -0.550 e. The van der Waals surface area contributed by atoms with Crippen LogP contribution in [0.15, 0.2) is 36.4 Å². The summed E-state index contributed by atoms with van der Waals surface area (Å²) in [5, 5.41) is 58.2. The molecule has 0 aliphatic heterocycles. The molecule has 0 heterocycles. The molecule has 0 spiro atoms. The number of aliphatic carboxylic acids is 2. The van der Waals surface area contributed by atoms with E-state index in [9.17, 15) is 20.4 Å². The molecule has 0 amide bonds. The van der Waals surface area contributed by atoms with Crippen molar-refractivity contribution in [3.63, 3.8) is 0 Å². The summed E-state index contributed by atoms with van der Waals surface area (Å²) in [6, 6.07) is 9.50. The van der Waals surface area contributed by atoms with Crippen molar-refractivity contribution in [2.75, 3.05) is 6.16 Å². The maximum Gasteiger partial charge on any atom is 2.00 e. The van der Waals surface area contributed by atoms with Crippen molar-refractivity contribution in [2.24, 2.45) is 0 Å². The Balaban J connectivity index is 0. The second-order valence-electron chi connectivity index (χ2n) is 5.28. The fourth-order valence-electron chi connectivity index (χ4n) is 2.00. The number of carbonyl (C=O) groups is 2. The zero-order valence-corrected chi connectivity index (χ0v) is 18.2. The van der Waals surface area contributed by atoms with E-state index in [1.165, 1.54) is 12.1 Å². The molecule has 0 bridgehead atoms. The van der Waals surface area contributed by atoms with Crippen LogP contribution in [0.3, 0.4) is 0 Å². The minimum absolute atomic E-state index is 0. The van der Waals surface area contributed by atoms with Crippen molar-refractivity contribution >= 4 is 30.5 Å². The third-order valence-corrected chi connectivity index (χ3v) is 5.60. The van der Waals surface area contributed by atoms with Gasteiger partial charge < -0.3 is 47.2 Å². The normalized spacial score (nSPS) is 9.24. The minimum atomic E-state index is -1.11. The molecule has 162 valence electrons. The summed E-state index contributed by atoms with van der Waals surface area (Å²) in [6.07, 6.45) is 1.24. The van der Waals surface area contributed by atoms with Gasteiger partial charge in [0.05, 0.1) is 0 Å². The van der Waals surface area contributed by atoms with Crippen molar-refractivity contribution in [3.8, 4) is 23.0 Å². The molecule has 8 nitrogen and oxygen atoms in total. The van der Waals surface area contributed by atoms with Crippen LogP contribution in [0.4, 0.5) is 0 Å². The summed E-state index contributed by atoms with van der Waals surface area (Å²) < 4.78 is 0. The molecule has 2 aromatic rings. The van der Waals surface area contributed by atoms with Gasteiger partial charge in [-0.3, -0.25) is 0 Å². The standard InChI is InChI=1S/C15H16O4P.2C2H4O2.Pd/c1-2-9-20(12-7-3-5-10(16)14(12)18)13-8-4-6-11(17)15(13)19;2*1-2(3)4;/h3-8,16-19H,1-2,9H2;2*1H3,(H,3,4);/q-1;;;+2/p-2. The molecule has 0 aliphatic rings. The van der Waals surface area contributed by atoms with Crippen molar-refractivity contribution in [2.45, 2.75) is 20.3 Å². The fraction of sp³-hybridized carbons (Fsp3) is 0.211. The molecule has 0 saturated carbocycles. The Morgan fingerprint density at radius 3 is 1.45 bits per heavy atom. The van der Waals surface area contributed by atoms with Gasteiger partial charge in [-0.25, -0.2) is 0 Å². The van der Waals surface area contributed by atoms with E-state index in [1.807, 2.05) is 0 Å². The summed E-state index contributed by atoms with van der Waals surface area (Å²) in [5.74, 6) is -2.93. The molecular formula is C19H22O8PPd-. The zero-order chi connectivity index (χ0) is 21.9. The molecule has 10 heteroatoms. The van der Waals surface area contributed by atoms with Crippen molar-refractivity contribution in [1.29, 1.82) is 0 Å². The van der Waals surface area contributed by atoms with Gasteiger partial charge in [-0.15, -0.1) is 0 Å². The van der Waals surface area contributed by atoms with Crippen molar-refractivity contribution in [3.05, 3.63) is 43.3 Å². The number of hydrogen-bond donors (Lipinski definition) is 4. The van der Waals surface area contributed by atoms with Gasteiger partial charge in [-0.05, 0) is 33.9 Å². The first-order valence-electron chi connectivity index (χ1n) is 7.96. The van der Waals surface area contributed by atoms with E-state index in [0.717, 1.165) is 13.8 Å². The third kappa shape index (κ3) is 10.7. The van der Waals surface area contributed by atoms with Crippen molar-refractivity contribution in [1.82, 2.24) is 0 Å².